The first-order valence-corrected chi connectivity index (χ1v) is 9.75. The molecular weight excluding hydrogens is 368 g/mol. The van der Waals surface area contributed by atoms with Gasteiger partial charge in [-0.3, -0.25) is 14.5 Å². The van der Waals surface area contributed by atoms with Gasteiger partial charge in [0.15, 0.2) is 17.7 Å². The molecule has 1 aliphatic rings. The number of hydrogen-bond donors (Lipinski definition) is 2. The Balaban J connectivity index is 1.96. The summed E-state index contributed by atoms with van der Waals surface area (Å²) in [4.78, 5) is 31.9. The Kier molecular flexibility index (Phi) is 5.50. The summed E-state index contributed by atoms with van der Waals surface area (Å²) in [7, 11) is 0. The van der Waals surface area contributed by atoms with Gasteiger partial charge in [0.2, 0.25) is 5.91 Å². The van der Waals surface area contributed by atoms with Crippen molar-refractivity contribution in [2.24, 2.45) is 5.92 Å². The van der Waals surface area contributed by atoms with E-state index in [2.05, 4.69) is 10.3 Å². The van der Waals surface area contributed by atoms with Crippen molar-refractivity contribution in [3.05, 3.63) is 41.0 Å². The van der Waals surface area contributed by atoms with Crippen LogP contribution in [-0.2, 0) is 9.59 Å². The van der Waals surface area contributed by atoms with E-state index in [1.165, 1.54) is 4.90 Å². The molecule has 7 heteroatoms. The Bertz CT molecular complexity index is 948. The van der Waals surface area contributed by atoms with E-state index in [9.17, 15) is 9.59 Å². The van der Waals surface area contributed by atoms with Crippen molar-refractivity contribution in [2.45, 2.75) is 53.7 Å². The first-order valence-electron chi connectivity index (χ1n) is 9.75. The number of amides is 2. The third kappa shape index (κ3) is 3.90. The van der Waals surface area contributed by atoms with E-state index < -0.39 is 12.1 Å². The first kappa shape index (κ1) is 20.6. The van der Waals surface area contributed by atoms with Crippen LogP contribution in [0.4, 0.5) is 17.3 Å². The molecule has 29 heavy (non-hydrogen) atoms. The number of aryl methyl sites for hydroxylation is 3. The molecule has 2 heterocycles. The maximum Gasteiger partial charge on any atom is 0.270 e. The van der Waals surface area contributed by atoms with Gasteiger partial charge in [-0.2, -0.15) is 0 Å². The van der Waals surface area contributed by atoms with Crippen LogP contribution in [0, 0.1) is 26.7 Å². The van der Waals surface area contributed by atoms with Gasteiger partial charge in [-0.25, -0.2) is 4.98 Å². The number of carbonyl (C=O) groups is 2. The molecule has 1 aromatic heterocycles. The summed E-state index contributed by atoms with van der Waals surface area (Å²) in [5.41, 5.74) is 9.66. The minimum atomic E-state index is -0.791. The Morgan fingerprint density at radius 3 is 2.38 bits per heavy atom. The second-order valence-electron chi connectivity index (χ2n) is 7.99. The number of nitrogen functional groups attached to an aromatic ring is 1. The van der Waals surface area contributed by atoms with E-state index >= 15 is 0 Å². The number of aromatic nitrogens is 1. The van der Waals surface area contributed by atoms with E-state index in [-0.39, 0.29) is 29.4 Å². The lowest BCUT2D eigenvalue weighted by Gasteiger charge is -2.37. The van der Waals surface area contributed by atoms with E-state index in [0.29, 0.717) is 5.75 Å². The molecule has 0 radical (unpaired) electrons. The number of nitrogens with zero attached hydrogens (tertiary/aromatic N) is 2. The molecule has 3 rings (SSSR count). The maximum atomic E-state index is 13.2. The molecular formula is C22H28N4O3. The van der Waals surface area contributed by atoms with Crippen molar-refractivity contribution in [1.29, 1.82) is 0 Å². The molecule has 0 bridgehead atoms. The molecule has 2 amide bonds. The molecule has 2 atom stereocenters. The molecule has 0 saturated heterocycles. The fourth-order valence-electron chi connectivity index (χ4n) is 3.66. The highest BCUT2D eigenvalue weighted by molar-refractivity contribution is 6.07. The molecule has 0 fully saturated rings. The molecule has 7 nitrogen and oxygen atoms in total. The Morgan fingerprint density at radius 2 is 1.79 bits per heavy atom. The Morgan fingerprint density at radius 1 is 1.17 bits per heavy atom. The van der Waals surface area contributed by atoms with Crippen LogP contribution in [0.5, 0.6) is 5.75 Å². The number of benzene rings is 1. The molecule has 2 unspecified atom stereocenters. The quantitative estimate of drug-likeness (QED) is 0.826. The van der Waals surface area contributed by atoms with Crippen molar-refractivity contribution >= 4 is 29.1 Å². The molecule has 154 valence electrons. The summed E-state index contributed by atoms with van der Waals surface area (Å²) < 4.78 is 5.85. The van der Waals surface area contributed by atoms with Gasteiger partial charge in [0.1, 0.15) is 11.9 Å². The molecule has 1 aliphatic heterocycles. The third-order valence-electron chi connectivity index (χ3n) is 5.12. The normalized spacial score (nSPS) is 17.0. The highest BCUT2D eigenvalue weighted by Crippen LogP contribution is 2.36. The fraction of sp³-hybridized carbons (Fsp3) is 0.409. The summed E-state index contributed by atoms with van der Waals surface area (Å²) in [5, 5.41) is 2.98. The van der Waals surface area contributed by atoms with Crippen LogP contribution in [0.3, 0.4) is 0 Å². The first-order chi connectivity index (χ1) is 13.6. The van der Waals surface area contributed by atoms with Crippen molar-refractivity contribution in [3.63, 3.8) is 0 Å². The number of nitrogens with one attached hydrogen (secondary N) is 1. The minimum Gasteiger partial charge on any atom is -0.476 e. The predicted octanol–water partition coefficient (Wildman–Crippen LogP) is 3.37. The number of fused-ring (bicyclic) bond motifs is 1. The zero-order chi connectivity index (χ0) is 21.5. The van der Waals surface area contributed by atoms with Crippen LogP contribution in [0.25, 0.3) is 0 Å². The summed E-state index contributed by atoms with van der Waals surface area (Å²) in [5.74, 6) is 0.309. The third-order valence-corrected chi connectivity index (χ3v) is 5.12. The van der Waals surface area contributed by atoms with Gasteiger partial charge in [0.05, 0.1) is 0 Å². The van der Waals surface area contributed by atoms with E-state index in [4.69, 9.17) is 10.5 Å². The van der Waals surface area contributed by atoms with Crippen LogP contribution in [0.15, 0.2) is 24.3 Å². The highest BCUT2D eigenvalue weighted by atomic mass is 16.5. The molecule has 0 saturated carbocycles. The number of hydrogen-bond acceptors (Lipinski definition) is 5. The minimum absolute atomic E-state index is 0.0625. The number of pyridine rings is 1. The van der Waals surface area contributed by atoms with Crippen LogP contribution in [0.1, 0.15) is 37.5 Å². The summed E-state index contributed by atoms with van der Waals surface area (Å²) in [6.45, 7) is 11.4. The van der Waals surface area contributed by atoms with Gasteiger partial charge >= 0.3 is 0 Å². The zero-order valence-corrected chi connectivity index (χ0v) is 17.7. The number of rotatable bonds is 4. The fourth-order valence-corrected chi connectivity index (χ4v) is 3.66. The molecule has 3 N–H and O–H groups in total. The average molecular weight is 396 g/mol. The van der Waals surface area contributed by atoms with Crippen molar-refractivity contribution in [3.8, 4) is 5.75 Å². The van der Waals surface area contributed by atoms with Gasteiger partial charge in [-0.15, -0.1) is 0 Å². The lowest BCUT2D eigenvalue weighted by atomic mass is 10.0. The summed E-state index contributed by atoms with van der Waals surface area (Å²) in [6, 6.07) is 6.54. The Labute approximate surface area is 171 Å². The van der Waals surface area contributed by atoms with Crippen molar-refractivity contribution in [2.75, 3.05) is 16.0 Å². The van der Waals surface area contributed by atoms with Gasteiger partial charge in [-0.05, 0) is 56.9 Å². The van der Waals surface area contributed by atoms with Crippen LogP contribution >= 0.6 is 0 Å². The predicted molar refractivity (Wildman–Crippen MR) is 114 cm³/mol. The maximum absolute atomic E-state index is 13.2. The smallest absolute Gasteiger partial charge is 0.270 e. The summed E-state index contributed by atoms with van der Waals surface area (Å²) in [6.07, 6.45) is -0.689. The second kappa shape index (κ2) is 7.73. The topological polar surface area (TPSA) is 97.5 Å². The van der Waals surface area contributed by atoms with E-state index in [1.807, 2.05) is 46.8 Å². The molecule has 2 aromatic rings. The number of nitrogens with two attached hydrogens (primary N) is 1. The van der Waals surface area contributed by atoms with E-state index in [0.717, 1.165) is 22.4 Å². The van der Waals surface area contributed by atoms with Gasteiger partial charge in [0.25, 0.3) is 5.91 Å². The van der Waals surface area contributed by atoms with Crippen LogP contribution in [0.2, 0.25) is 0 Å². The Hall–Kier alpha value is -3.09. The zero-order valence-electron chi connectivity index (χ0n) is 17.7. The van der Waals surface area contributed by atoms with Gasteiger partial charge in [0, 0.05) is 5.69 Å². The number of carbonyl (C=O) groups excluding carboxylic acids is 2. The largest absolute Gasteiger partial charge is 0.476 e. The van der Waals surface area contributed by atoms with Crippen molar-refractivity contribution in [1.82, 2.24) is 4.98 Å². The standard InChI is InChI=1S/C22H28N4O3/c1-11(2)19-22(28)26(20-16(29-19)7-8-17(23)24-20)15(6)21(27)25-18-13(4)9-12(3)10-14(18)5/h7-11,15,19H,1-6H3,(H2,23,24)(H,25,27). The average Bonchev–Trinajstić information content (AvgIpc) is 2.63. The number of ether oxygens (including phenoxy) is 1. The van der Waals surface area contributed by atoms with Crippen LogP contribution < -0.4 is 20.7 Å². The monoisotopic (exact) mass is 396 g/mol. The second-order valence-corrected chi connectivity index (χ2v) is 7.99. The number of anilines is 3. The SMILES string of the molecule is Cc1cc(C)c(NC(=O)C(C)N2C(=O)C(C(C)C)Oc3ccc(N)nc32)c(C)c1. The van der Waals surface area contributed by atoms with Gasteiger partial charge in [-0.1, -0.05) is 31.5 Å². The lowest BCUT2D eigenvalue weighted by Crippen LogP contribution is -2.55. The van der Waals surface area contributed by atoms with Crippen LogP contribution in [-0.4, -0.2) is 28.9 Å². The summed E-state index contributed by atoms with van der Waals surface area (Å²) >= 11 is 0. The molecule has 1 aromatic carbocycles. The lowest BCUT2D eigenvalue weighted by molar-refractivity contribution is -0.130. The molecule has 0 aliphatic carbocycles. The van der Waals surface area contributed by atoms with Crippen molar-refractivity contribution < 1.29 is 14.3 Å². The van der Waals surface area contributed by atoms with E-state index in [1.54, 1.807) is 19.1 Å². The molecule has 0 spiro atoms. The van der Waals surface area contributed by atoms with Gasteiger partial charge < -0.3 is 15.8 Å². The highest BCUT2D eigenvalue weighted by Gasteiger charge is 2.41.